The lowest BCUT2D eigenvalue weighted by Crippen LogP contribution is -2.53. The third kappa shape index (κ3) is 3.27. The molecule has 0 saturated carbocycles. The maximum Gasteiger partial charge on any atom is 0.547 e. The number of para-hydroxylation sites is 1. The lowest BCUT2D eigenvalue weighted by molar-refractivity contribution is 0.0597. The van der Waals surface area contributed by atoms with Gasteiger partial charge in [-0.2, -0.15) is 0 Å². The minimum Gasteiger partial charge on any atom is -0.534 e. The van der Waals surface area contributed by atoms with Crippen molar-refractivity contribution in [2.45, 2.75) is 12.4 Å². The Morgan fingerprint density at radius 2 is 2.00 bits per heavy atom. The van der Waals surface area contributed by atoms with Crippen molar-refractivity contribution in [2.24, 2.45) is 0 Å². The number of benzene rings is 2. The minimum atomic E-state index is -1.30. The molecule has 0 bridgehead atoms. The Balaban J connectivity index is 1.55. The average molecular weight is 377 g/mol. The van der Waals surface area contributed by atoms with Crippen LogP contribution in [0.5, 0.6) is 5.75 Å². The van der Waals surface area contributed by atoms with Crippen LogP contribution in [-0.4, -0.2) is 47.0 Å². The predicted molar refractivity (Wildman–Crippen MR) is 101 cm³/mol. The highest BCUT2D eigenvalue weighted by Crippen LogP contribution is 2.30. The van der Waals surface area contributed by atoms with E-state index in [0.29, 0.717) is 28.6 Å². The second kappa shape index (κ2) is 7.28. The molecular weight excluding hydrogens is 361 g/mol. The van der Waals surface area contributed by atoms with E-state index >= 15 is 0 Å². The number of ether oxygens (including phenoxy) is 1. The van der Waals surface area contributed by atoms with Crippen molar-refractivity contribution in [1.29, 1.82) is 0 Å². The van der Waals surface area contributed by atoms with Crippen LogP contribution in [0.3, 0.4) is 0 Å². The Morgan fingerprint density at radius 3 is 2.79 bits per heavy atom. The van der Waals surface area contributed by atoms with E-state index in [0.717, 1.165) is 0 Å². The molecule has 0 fully saturated rings. The van der Waals surface area contributed by atoms with E-state index in [1.165, 1.54) is 7.11 Å². The van der Waals surface area contributed by atoms with Crippen molar-refractivity contribution in [3.63, 3.8) is 0 Å². The fourth-order valence-electron chi connectivity index (χ4n) is 3.17. The second-order valence-corrected chi connectivity index (χ2v) is 6.34. The quantitative estimate of drug-likeness (QED) is 0.521. The Labute approximate surface area is 160 Å². The summed E-state index contributed by atoms with van der Waals surface area (Å²) in [6.07, 6.45) is 3.44. The van der Waals surface area contributed by atoms with Crippen molar-refractivity contribution in [3.05, 3.63) is 65.5 Å². The summed E-state index contributed by atoms with van der Waals surface area (Å²) in [4.78, 5) is 32.9. The monoisotopic (exact) mass is 377 g/mol. The van der Waals surface area contributed by atoms with Crippen LogP contribution >= 0.6 is 0 Å². The summed E-state index contributed by atoms with van der Waals surface area (Å²) in [7, 11) is -0.0275. The lowest BCUT2D eigenvalue weighted by atomic mass is 9.72. The number of methoxy groups -OCH3 is 1. The first-order valence-electron chi connectivity index (χ1n) is 8.63. The molecule has 0 aliphatic carbocycles. The summed E-state index contributed by atoms with van der Waals surface area (Å²) in [5.41, 5.74) is 2.61. The number of nitrogens with zero attached hydrogens (tertiary/aromatic N) is 2. The van der Waals surface area contributed by atoms with Gasteiger partial charge < -0.3 is 19.7 Å². The minimum absolute atomic E-state index is 0.233. The molecule has 4 rings (SSSR count). The van der Waals surface area contributed by atoms with Gasteiger partial charge in [0, 0.05) is 18.0 Å². The van der Waals surface area contributed by atoms with E-state index in [9.17, 15) is 14.6 Å². The number of hydrogen-bond acceptors (Lipinski definition) is 7. The number of carbonyl (C=O) groups excluding carboxylic acids is 2. The number of nitrogens with one attached hydrogen (secondary N) is 1. The Kier molecular flexibility index (Phi) is 4.66. The zero-order chi connectivity index (χ0) is 19.7. The molecule has 3 aromatic rings. The van der Waals surface area contributed by atoms with Gasteiger partial charge in [0.2, 0.25) is 0 Å². The van der Waals surface area contributed by atoms with Gasteiger partial charge in [-0.25, -0.2) is 4.79 Å². The molecule has 0 saturated heterocycles. The van der Waals surface area contributed by atoms with Crippen LogP contribution in [0.4, 0.5) is 0 Å². The number of carbonyl (C=O) groups is 2. The molecule has 2 heterocycles. The van der Waals surface area contributed by atoms with E-state index in [2.05, 4.69) is 15.3 Å². The molecule has 9 heteroatoms. The number of rotatable bonds is 3. The Bertz CT molecular complexity index is 1070. The van der Waals surface area contributed by atoms with Crippen molar-refractivity contribution in [1.82, 2.24) is 15.3 Å². The number of amides is 1. The third-order valence-corrected chi connectivity index (χ3v) is 4.57. The summed E-state index contributed by atoms with van der Waals surface area (Å²) < 4.78 is 10.3. The smallest absolute Gasteiger partial charge is 0.534 e. The van der Waals surface area contributed by atoms with Gasteiger partial charge in [0.05, 0.1) is 24.1 Å². The first-order valence-corrected chi connectivity index (χ1v) is 8.63. The molecule has 8 nitrogen and oxygen atoms in total. The summed E-state index contributed by atoms with van der Waals surface area (Å²) >= 11 is 0. The Morgan fingerprint density at radius 1 is 1.21 bits per heavy atom. The van der Waals surface area contributed by atoms with Gasteiger partial charge in [0.25, 0.3) is 5.91 Å². The highest BCUT2D eigenvalue weighted by atomic mass is 16.5. The molecule has 1 aliphatic heterocycles. The first-order chi connectivity index (χ1) is 13.6. The normalized spacial score (nSPS) is 15.5. The van der Waals surface area contributed by atoms with Gasteiger partial charge in [0.1, 0.15) is 11.3 Å². The number of hydrogen-bond donors (Lipinski definition) is 2. The van der Waals surface area contributed by atoms with Crippen molar-refractivity contribution in [2.75, 3.05) is 7.11 Å². The fourth-order valence-corrected chi connectivity index (χ4v) is 3.17. The van der Waals surface area contributed by atoms with Gasteiger partial charge in [-0.05, 0) is 36.2 Å². The molecule has 1 atom stereocenters. The maximum atomic E-state index is 12.6. The van der Waals surface area contributed by atoms with Gasteiger partial charge in [0.15, 0.2) is 0 Å². The third-order valence-electron chi connectivity index (χ3n) is 4.57. The van der Waals surface area contributed by atoms with Crippen LogP contribution < -0.4 is 9.97 Å². The Hall–Kier alpha value is -3.46. The molecule has 28 heavy (non-hydrogen) atoms. The van der Waals surface area contributed by atoms with Gasteiger partial charge >= 0.3 is 13.1 Å². The topological polar surface area (TPSA) is 111 Å². The first kappa shape index (κ1) is 17.9. The van der Waals surface area contributed by atoms with Crippen LogP contribution in [0.2, 0.25) is 0 Å². The van der Waals surface area contributed by atoms with Crippen molar-refractivity contribution in [3.8, 4) is 5.75 Å². The van der Waals surface area contributed by atoms with E-state index in [-0.39, 0.29) is 17.2 Å². The standard InChI is InChI=1S/C19H16BN3O5/c1-27-19(25)13-4-2-3-11-10-16(20(26)28-17(11)13)23-18(24)12-5-6-14-15(9-12)22-8-7-21-14/h2-9,16,26H,10H2,1H3,(H,23,24). The summed E-state index contributed by atoms with van der Waals surface area (Å²) in [5.74, 6) is -1.32. The van der Waals surface area contributed by atoms with Crippen LogP contribution in [-0.2, 0) is 11.2 Å². The van der Waals surface area contributed by atoms with Crippen LogP contribution in [0.15, 0.2) is 48.8 Å². The molecule has 0 radical (unpaired) electrons. The number of fused-ring (bicyclic) bond motifs is 2. The van der Waals surface area contributed by atoms with Crippen molar-refractivity contribution < 1.29 is 24.0 Å². The lowest BCUT2D eigenvalue weighted by Gasteiger charge is -2.29. The SMILES string of the molecule is COC(=O)c1cccc2c1OB(O)C(NC(=O)c1ccc3nccnc3c1)C2. The fraction of sp³-hybridized carbons (Fsp3) is 0.158. The highest BCUT2D eigenvalue weighted by molar-refractivity contribution is 6.47. The number of aromatic nitrogens is 2. The predicted octanol–water partition coefficient (Wildman–Crippen LogP) is 1.17. The summed E-state index contributed by atoms with van der Waals surface area (Å²) in [6, 6.07) is 10.0. The number of esters is 1. The summed E-state index contributed by atoms with van der Waals surface area (Å²) in [6.45, 7) is 0. The van der Waals surface area contributed by atoms with Gasteiger partial charge in [-0.15, -0.1) is 0 Å². The van der Waals surface area contributed by atoms with Crippen LogP contribution in [0, 0.1) is 0 Å². The second-order valence-electron chi connectivity index (χ2n) is 6.34. The van der Waals surface area contributed by atoms with Crippen LogP contribution in [0.1, 0.15) is 26.3 Å². The maximum absolute atomic E-state index is 12.6. The molecule has 140 valence electrons. The van der Waals surface area contributed by atoms with Crippen molar-refractivity contribution >= 4 is 30.0 Å². The molecule has 1 amide bonds. The average Bonchev–Trinajstić information content (AvgIpc) is 2.73. The zero-order valence-electron chi connectivity index (χ0n) is 15.0. The van der Waals surface area contributed by atoms with E-state index in [4.69, 9.17) is 9.39 Å². The van der Waals surface area contributed by atoms with E-state index in [1.54, 1.807) is 48.8 Å². The van der Waals surface area contributed by atoms with Gasteiger partial charge in [-0.1, -0.05) is 12.1 Å². The molecule has 1 aromatic heterocycles. The molecular formula is C19H16BN3O5. The van der Waals surface area contributed by atoms with Crippen LogP contribution in [0.25, 0.3) is 11.0 Å². The molecule has 1 unspecified atom stereocenters. The highest BCUT2D eigenvalue weighted by Gasteiger charge is 2.38. The van der Waals surface area contributed by atoms with Gasteiger partial charge in [-0.3, -0.25) is 14.8 Å². The molecule has 2 N–H and O–H groups in total. The molecule has 2 aromatic carbocycles. The molecule has 0 spiro atoms. The summed E-state index contributed by atoms with van der Waals surface area (Å²) in [5, 5.41) is 13.1. The zero-order valence-corrected chi connectivity index (χ0v) is 15.0. The van der Waals surface area contributed by atoms with E-state index < -0.39 is 19.0 Å². The largest absolute Gasteiger partial charge is 0.547 e. The molecule has 1 aliphatic rings. The van der Waals surface area contributed by atoms with E-state index in [1.807, 2.05) is 0 Å².